The van der Waals surface area contributed by atoms with Crippen molar-refractivity contribution < 1.29 is 22.0 Å². The van der Waals surface area contributed by atoms with Gasteiger partial charge in [0.1, 0.15) is 17.7 Å². The first-order valence-electron chi connectivity index (χ1n) is 8.32. The summed E-state index contributed by atoms with van der Waals surface area (Å²) in [5.74, 6) is -1.77. The Morgan fingerprint density at radius 2 is 1.81 bits per heavy atom. The normalized spacial score (nSPS) is 18.3. The van der Waals surface area contributed by atoms with E-state index in [1.165, 1.54) is 24.3 Å². The van der Waals surface area contributed by atoms with Gasteiger partial charge in [0.15, 0.2) is 0 Å². The lowest BCUT2D eigenvalue weighted by atomic mass is 10.0. The highest BCUT2D eigenvalue weighted by Crippen LogP contribution is 2.27. The van der Waals surface area contributed by atoms with Gasteiger partial charge >= 0.3 is 0 Å². The summed E-state index contributed by atoms with van der Waals surface area (Å²) in [5, 5.41) is 2.47. The van der Waals surface area contributed by atoms with Crippen molar-refractivity contribution in [1.29, 1.82) is 0 Å². The number of nitrogens with zero attached hydrogens (tertiary/aromatic N) is 1. The highest BCUT2D eigenvalue weighted by atomic mass is 79.9. The van der Waals surface area contributed by atoms with Crippen molar-refractivity contribution >= 4 is 37.5 Å². The van der Waals surface area contributed by atoms with Crippen LogP contribution in [0.15, 0.2) is 51.8 Å². The summed E-state index contributed by atoms with van der Waals surface area (Å²) < 4.78 is 54.6. The Kier molecular flexibility index (Phi) is 5.92. The van der Waals surface area contributed by atoms with Crippen molar-refractivity contribution in [3.05, 3.63) is 58.6 Å². The number of piperidine rings is 1. The molecule has 1 aliphatic rings. The van der Waals surface area contributed by atoms with Gasteiger partial charge in [0.25, 0.3) is 0 Å². The Morgan fingerprint density at radius 1 is 1.11 bits per heavy atom. The minimum atomic E-state index is -3.98. The molecule has 1 fully saturated rings. The quantitative estimate of drug-likeness (QED) is 0.754. The van der Waals surface area contributed by atoms with Gasteiger partial charge in [-0.1, -0.05) is 22.4 Å². The lowest BCUT2D eigenvalue weighted by Crippen LogP contribution is -2.49. The number of sulfonamides is 1. The lowest BCUT2D eigenvalue weighted by Gasteiger charge is -2.33. The van der Waals surface area contributed by atoms with Crippen molar-refractivity contribution in [1.82, 2.24) is 4.31 Å². The maximum Gasteiger partial charge on any atom is 0.243 e. The van der Waals surface area contributed by atoms with E-state index in [0.29, 0.717) is 23.7 Å². The SMILES string of the molecule is O=C(Nc1ccc(Br)cc1F)[C@@H]1CCCCN1S(=O)(=O)c1ccc(F)cc1. The molecule has 1 saturated heterocycles. The fourth-order valence-corrected chi connectivity index (χ4v) is 4.99. The van der Waals surface area contributed by atoms with Gasteiger partial charge in [-0.05, 0) is 55.3 Å². The van der Waals surface area contributed by atoms with Crippen molar-refractivity contribution in [3.63, 3.8) is 0 Å². The second-order valence-corrected chi connectivity index (χ2v) is 9.00. The van der Waals surface area contributed by atoms with Crippen molar-refractivity contribution in [2.24, 2.45) is 0 Å². The second kappa shape index (κ2) is 8.04. The molecule has 0 radical (unpaired) electrons. The summed E-state index contributed by atoms with van der Waals surface area (Å²) >= 11 is 3.14. The Morgan fingerprint density at radius 3 is 2.48 bits per heavy atom. The molecule has 9 heteroatoms. The molecule has 2 aromatic rings. The molecule has 5 nitrogen and oxygen atoms in total. The fourth-order valence-electron chi connectivity index (χ4n) is 3.00. The zero-order valence-electron chi connectivity index (χ0n) is 14.2. The number of halogens is 3. The Hall–Kier alpha value is -1.84. The molecule has 1 heterocycles. The highest BCUT2D eigenvalue weighted by molar-refractivity contribution is 9.10. The molecule has 0 aromatic heterocycles. The number of nitrogens with one attached hydrogen (secondary N) is 1. The van der Waals surface area contributed by atoms with Crippen molar-refractivity contribution in [2.45, 2.75) is 30.2 Å². The van der Waals surface area contributed by atoms with Gasteiger partial charge in [-0.2, -0.15) is 4.31 Å². The molecule has 0 bridgehead atoms. The standard InChI is InChI=1S/C18H17BrF2N2O3S/c19-12-4-9-16(15(21)11-12)22-18(24)17-3-1-2-10-23(17)27(25,26)14-7-5-13(20)6-8-14/h4-9,11,17H,1-3,10H2,(H,22,24)/t17-/m0/s1. The van der Waals surface area contributed by atoms with Crippen LogP contribution in [0.5, 0.6) is 0 Å². The smallest absolute Gasteiger partial charge is 0.243 e. The van der Waals surface area contributed by atoms with Gasteiger partial charge in [-0.25, -0.2) is 17.2 Å². The van der Waals surface area contributed by atoms with Crippen LogP contribution >= 0.6 is 15.9 Å². The Balaban J connectivity index is 1.86. The summed E-state index contributed by atoms with van der Waals surface area (Å²) in [4.78, 5) is 12.6. The van der Waals surface area contributed by atoms with E-state index in [1.807, 2.05) is 0 Å². The molecule has 1 atom stereocenters. The third kappa shape index (κ3) is 4.36. The summed E-state index contributed by atoms with van der Waals surface area (Å²) in [6.45, 7) is 0.167. The third-order valence-electron chi connectivity index (χ3n) is 4.37. The van der Waals surface area contributed by atoms with Crippen LogP contribution in [-0.2, 0) is 14.8 Å². The summed E-state index contributed by atoms with van der Waals surface area (Å²) in [7, 11) is -3.98. The number of rotatable bonds is 4. The van der Waals surface area contributed by atoms with Crippen LogP contribution in [0, 0.1) is 11.6 Å². The molecule has 0 unspecified atom stereocenters. The molecule has 2 aromatic carbocycles. The van der Waals surface area contributed by atoms with Crippen LogP contribution in [0.25, 0.3) is 0 Å². The average Bonchev–Trinajstić information content (AvgIpc) is 2.64. The molecule has 27 heavy (non-hydrogen) atoms. The van der Waals surface area contributed by atoms with E-state index in [2.05, 4.69) is 21.2 Å². The van der Waals surface area contributed by atoms with Crippen molar-refractivity contribution in [2.75, 3.05) is 11.9 Å². The van der Waals surface area contributed by atoms with Crippen LogP contribution in [0.4, 0.5) is 14.5 Å². The van der Waals surface area contributed by atoms with Crippen LogP contribution < -0.4 is 5.32 Å². The van der Waals surface area contributed by atoms with E-state index >= 15 is 0 Å². The van der Waals surface area contributed by atoms with Crippen LogP contribution in [0.3, 0.4) is 0 Å². The molecule has 0 aliphatic carbocycles. The monoisotopic (exact) mass is 458 g/mol. The van der Waals surface area contributed by atoms with E-state index < -0.39 is 33.6 Å². The zero-order chi connectivity index (χ0) is 19.6. The fraction of sp³-hybridized carbons (Fsp3) is 0.278. The molecule has 1 amide bonds. The van der Waals surface area contributed by atoms with E-state index in [9.17, 15) is 22.0 Å². The Labute approximate surface area is 164 Å². The van der Waals surface area contributed by atoms with Crippen LogP contribution in [-0.4, -0.2) is 31.2 Å². The molecular weight excluding hydrogens is 442 g/mol. The predicted octanol–water partition coefficient (Wildman–Crippen LogP) is 3.91. The second-order valence-electron chi connectivity index (χ2n) is 6.19. The first-order valence-corrected chi connectivity index (χ1v) is 10.6. The summed E-state index contributed by atoms with van der Waals surface area (Å²) in [5.41, 5.74) is -0.0205. The van der Waals surface area contributed by atoms with E-state index in [4.69, 9.17) is 0 Å². The number of amides is 1. The maximum atomic E-state index is 14.0. The molecule has 0 spiro atoms. The minimum absolute atomic E-state index is 0.0205. The lowest BCUT2D eigenvalue weighted by molar-refractivity contribution is -0.120. The van der Waals surface area contributed by atoms with Gasteiger partial charge < -0.3 is 5.32 Å². The van der Waals surface area contributed by atoms with E-state index in [0.717, 1.165) is 16.4 Å². The number of hydrogen-bond acceptors (Lipinski definition) is 3. The molecular formula is C18H17BrF2N2O3S. The molecule has 0 saturated carbocycles. The van der Waals surface area contributed by atoms with Crippen LogP contribution in [0.2, 0.25) is 0 Å². The molecule has 1 N–H and O–H groups in total. The first kappa shape index (κ1) is 19.9. The summed E-state index contributed by atoms with van der Waals surface area (Å²) in [6.07, 6.45) is 1.61. The topological polar surface area (TPSA) is 66.5 Å². The maximum absolute atomic E-state index is 14.0. The Bertz CT molecular complexity index is 952. The number of carbonyl (C=O) groups excluding carboxylic acids is 1. The number of hydrogen-bond donors (Lipinski definition) is 1. The summed E-state index contributed by atoms with van der Waals surface area (Å²) in [6, 6.07) is 7.68. The first-order chi connectivity index (χ1) is 12.8. The van der Waals surface area contributed by atoms with Crippen molar-refractivity contribution in [3.8, 4) is 0 Å². The van der Waals surface area contributed by atoms with Gasteiger partial charge in [0, 0.05) is 11.0 Å². The number of carbonyl (C=O) groups is 1. The largest absolute Gasteiger partial charge is 0.322 e. The third-order valence-corrected chi connectivity index (χ3v) is 6.78. The molecule has 144 valence electrons. The van der Waals surface area contributed by atoms with Gasteiger partial charge in [-0.15, -0.1) is 0 Å². The van der Waals surface area contributed by atoms with E-state index in [1.54, 1.807) is 6.07 Å². The average molecular weight is 459 g/mol. The molecule has 3 rings (SSSR count). The molecule has 1 aliphatic heterocycles. The van der Waals surface area contributed by atoms with Gasteiger partial charge in [0.2, 0.25) is 15.9 Å². The predicted molar refractivity (Wildman–Crippen MR) is 101 cm³/mol. The van der Waals surface area contributed by atoms with Gasteiger partial charge in [0.05, 0.1) is 10.6 Å². The zero-order valence-corrected chi connectivity index (χ0v) is 16.6. The minimum Gasteiger partial charge on any atom is -0.322 e. The van der Waals surface area contributed by atoms with Gasteiger partial charge in [-0.3, -0.25) is 4.79 Å². The highest BCUT2D eigenvalue weighted by Gasteiger charge is 2.37. The number of benzene rings is 2. The number of anilines is 1. The van der Waals surface area contributed by atoms with Crippen LogP contribution in [0.1, 0.15) is 19.3 Å². The van der Waals surface area contributed by atoms with E-state index in [-0.39, 0.29) is 17.1 Å².